The number of hydrogen-bond donors (Lipinski definition) is 1. The van der Waals surface area contributed by atoms with Gasteiger partial charge >= 0.3 is 18.3 Å². The summed E-state index contributed by atoms with van der Waals surface area (Å²) in [5, 5.41) is 28.7. The first-order valence-corrected chi connectivity index (χ1v) is 25.8. The van der Waals surface area contributed by atoms with Crippen LogP contribution in [-0.4, -0.2) is 89.2 Å². The maximum atomic E-state index is 12.5. The smallest absolute Gasteiger partial charge is 0.422 e. The molecule has 406 valence electrons. The van der Waals surface area contributed by atoms with E-state index in [2.05, 4.69) is 47.9 Å². The molecule has 0 spiro atoms. The molecule has 7 rings (SSSR count). The minimum atomic E-state index is -4.41. The van der Waals surface area contributed by atoms with Crippen LogP contribution in [0.25, 0.3) is 0 Å². The minimum absolute atomic E-state index is 0.0762. The number of alkyl halides is 6. The van der Waals surface area contributed by atoms with Gasteiger partial charge in [-0.3, -0.25) is 0 Å². The van der Waals surface area contributed by atoms with Gasteiger partial charge in [0.2, 0.25) is 0 Å². The highest BCUT2D eigenvalue weighted by Gasteiger charge is 2.30. The lowest BCUT2D eigenvalue weighted by molar-refractivity contribution is -0.154. The summed E-state index contributed by atoms with van der Waals surface area (Å²) in [7, 11) is 0. The van der Waals surface area contributed by atoms with Crippen LogP contribution in [0.5, 0.6) is 23.0 Å². The van der Waals surface area contributed by atoms with E-state index in [1.54, 1.807) is 60.7 Å². The molecular formula is C59H66F6N4O7. The number of anilines is 2. The molecule has 2 aliphatic heterocycles. The molecule has 76 heavy (non-hydrogen) atoms. The van der Waals surface area contributed by atoms with E-state index in [-0.39, 0.29) is 24.1 Å². The van der Waals surface area contributed by atoms with Crippen LogP contribution >= 0.6 is 0 Å². The first-order valence-electron chi connectivity index (χ1n) is 25.8. The van der Waals surface area contributed by atoms with Gasteiger partial charge in [-0.2, -0.15) is 36.9 Å². The molecule has 0 saturated heterocycles. The Morgan fingerprint density at radius 2 is 1.01 bits per heavy atom. The average Bonchev–Trinajstić information content (AvgIpc) is 4.02. The van der Waals surface area contributed by atoms with Crippen LogP contribution in [-0.2, 0) is 30.4 Å². The van der Waals surface area contributed by atoms with Gasteiger partial charge in [0.1, 0.15) is 12.1 Å². The van der Waals surface area contributed by atoms with Crippen molar-refractivity contribution in [2.45, 2.75) is 90.4 Å². The molecule has 5 aromatic carbocycles. The maximum absolute atomic E-state index is 12.5. The highest BCUT2D eigenvalue weighted by atomic mass is 19.4. The van der Waals surface area contributed by atoms with E-state index in [1.165, 1.54) is 17.7 Å². The largest absolute Gasteiger partial charge is 0.490 e. The van der Waals surface area contributed by atoms with E-state index in [4.69, 9.17) is 28.8 Å². The third-order valence-electron chi connectivity index (χ3n) is 12.9. The molecule has 0 aromatic heterocycles. The molecule has 2 atom stereocenters. The first kappa shape index (κ1) is 58.2. The summed E-state index contributed by atoms with van der Waals surface area (Å²) in [4.78, 5) is 16.5. The van der Waals surface area contributed by atoms with Crippen molar-refractivity contribution >= 4 is 17.3 Å². The molecule has 0 saturated carbocycles. The topological polar surface area (TPSA) is 138 Å². The van der Waals surface area contributed by atoms with Crippen molar-refractivity contribution < 1.29 is 59.9 Å². The predicted molar refractivity (Wildman–Crippen MR) is 278 cm³/mol. The monoisotopic (exact) mass is 1060 g/mol. The maximum Gasteiger partial charge on any atom is 0.422 e. The summed E-state index contributed by atoms with van der Waals surface area (Å²) in [6.45, 7) is 5.90. The molecule has 1 N–H and O–H groups in total. The fourth-order valence-electron chi connectivity index (χ4n) is 9.51. The van der Waals surface area contributed by atoms with E-state index in [0.29, 0.717) is 79.2 Å². The molecule has 0 aliphatic carbocycles. The van der Waals surface area contributed by atoms with Gasteiger partial charge in [0.15, 0.2) is 36.2 Å². The number of esters is 1. The van der Waals surface area contributed by atoms with Gasteiger partial charge in [-0.15, -0.1) is 0 Å². The first-order chi connectivity index (χ1) is 36.5. The van der Waals surface area contributed by atoms with Crippen molar-refractivity contribution in [2.75, 3.05) is 75.6 Å². The standard InChI is InChI=1S/C33H35F3N2O4.C26H31F3N2O3/c1-24(9-7-17-40-29-12-5-6-13-30(29)42-23-33(34,35)36)19-25-20-27-14-16-38(31(27)28(21-25)22-37)15-8-18-41-32(39)26-10-3-2-4-11-26;1-19(6-4-13-33-23-7-2-3-8-24(23)34-18-26(27,28)29)14-20-15-21-9-11-31(10-5-12-32)25(21)22(16-20)17-30/h2-6,10-13,20-21,24H,7-9,14-19,23H2,1H3;2-3,7-8,15-16,19,32H,4-6,9-14,18H2,1H3/t24-;19-/m00/s1. The van der Waals surface area contributed by atoms with E-state index in [1.807, 2.05) is 18.2 Å². The number of para-hydroxylation sites is 4. The lowest BCUT2D eigenvalue weighted by Gasteiger charge is -2.21. The van der Waals surface area contributed by atoms with E-state index >= 15 is 0 Å². The van der Waals surface area contributed by atoms with Gasteiger partial charge < -0.3 is 38.6 Å². The molecule has 0 radical (unpaired) electrons. The number of aliphatic hydroxyl groups is 1. The normalized spacial score (nSPS) is 13.6. The second-order valence-electron chi connectivity index (χ2n) is 19.2. The quantitative estimate of drug-likeness (QED) is 0.0322. The second-order valence-corrected chi connectivity index (χ2v) is 19.2. The summed E-state index contributed by atoms with van der Waals surface area (Å²) in [6.07, 6.45) is -0.828. The number of benzene rings is 5. The van der Waals surface area contributed by atoms with E-state index in [9.17, 15) is 41.7 Å². The van der Waals surface area contributed by atoms with Crippen LogP contribution in [0.1, 0.15) is 96.1 Å². The Balaban J connectivity index is 0.000000252. The SMILES string of the molecule is C[C@@H](CCCOc1ccccc1OCC(F)(F)F)Cc1cc(C#N)c2c(c1)CCN2CCCO.C[C@@H](CCCOc1ccccc1OCC(F)(F)F)Cc1cc(C#N)c2c(c1)CCN2CCCOC(=O)c1ccccc1. The third-order valence-corrected chi connectivity index (χ3v) is 12.9. The van der Waals surface area contributed by atoms with Gasteiger partial charge in [-0.1, -0.05) is 68.4 Å². The van der Waals surface area contributed by atoms with Crippen LogP contribution < -0.4 is 28.7 Å². The predicted octanol–water partition coefficient (Wildman–Crippen LogP) is 12.4. The number of carbonyl (C=O) groups excluding carboxylic acids is 1. The number of ether oxygens (including phenoxy) is 5. The van der Waals surface area contributed by atoms with Crippen molar-refractivity contribution in [3.05, 3.63) is 142 Å². The fraction of sp³-hybridized carbons (Fsp3) is 0.441. The Bertz CT molecular complexity index is 2720. The fourth-order valence-corrected chi connectivity index (χ4v) is 9.51. The summed E-state index contributed by atoms with van der Waals surface area (Å²) in [5.74, 6) is 1.12. The zero-order chi connectivity index (χ0) is 54.5. The number of nitriles is 2. The molecule has 0 bridgehead atoms. The summed E-state index contributed by atoms with van der Waals surface area (Å²) in [6, 6.07) is 34.7. The number of halogens is 6. The van der Waals surface area contributed by atoms with Crippen molar-refractivity contribution in [3.63, 3.8) is 0 Å². The lowest BCUT2D eigenvalue weighted by Crippen LogP contribution is -2.24. The number of rotatable bonds is 26. The zero-order valence-electron chi connectivity index (χ0n) is 43.1. The van der Waals surface area contributed by atoms with Crippen molar-refractivity contribution in [1.29, 1.82) is 10.5 Å². The lowest BCUT2D eigenvalue weighted by atomic mass is 9.93. The third kappa shape index (κ3) is 18.3. The van der Waals surface area contributed by atoms with Crippen LogP contribution in [0.3, 0.4) is 0 Å². The zero-order valence-corrected chi connectivity index (χ0v) is 43.1. The highest BCUT2D eigenvalue weighted by Crippen LogP contribution is 2.36. The molecule has 0 unspecified atom stereocenters. The minimum Gasteiger partial charge on any atom is -0.490 e. The summed E-state index contributed by atoms with van der Waals surface area (Å²) < 4.78 is 101. The number of aliphatic hydroxyl groups excluding tert-OH is 1. The van der Waals surface area contributed by atoms with Crippen LogP contribution in [0.2, 0.25) is 0 Å². The highest BCUT2D eigenvalue weighted by molar-refractivity contribution is 5.89. The van der Waals surface area contributed by atoms with Gasteiger partial charge in [-0.25, -0.2) is 4.79 Å². The Hall–Kier alpha value is -7.11. The number of nitrogens with zero attached hydrogens (tertiary/aromatic N) is 4. The van der Waals surface area contributed by atoms with Gasteiger partial charge in [-0.05, 0) is 147 Å². The van der Waals surface area contributed by atoms with Crippen molar-refractivity contribution in [3.8, 4) is 35.1 Å². The molecule has 11 nitrogen and oxygen atoms in total. The average molecular weight is 1060 g/mol. The summed E-state index contributed by atoms with van der Waals surface area (Å²) >= 11 is 0. The molecule has 2 aliphatic rings. The number of carbonyl (C=O) groups is 1. The Kier molecular flexibility index (Phi) is 22.0. The van der Waals surface area contributed by atoms with Crippen LogP contribution in [0.4, 0.5) is 37.7 Å². The van der Waals surface area contributed by atoms with Gasteiger partial charge in [0, 0.05) is 32.8 Å². The molecule has 0 amide bonds. The van der Waals surface area contributed by atoms with Crippen molar-refractivity contribution in [1.82, 2.24) is 0 Å². The molecule has 2 heterocycles. The Labute approximate surface area is 441 Å². The molecular weight excluding hydrogens is 991 g/mol. The van der Waals surface area contributed by atoms with Gasteiger partial charge in [0.05, 0.1) is 47.9 Å². The van der Waals surface area contributed by atoms with Crippen molar-refractivity contribution in [2.24, 2.45) is 11.8 Å². The molecule has 0 fully saturated rings. The van der Waals surface area contributed by atoms with E-state index in [0.717, 1.165) is 99.1 Å². The van der Waals surface area contributed by atoms with Crippen LogP contribution in [0, 0.1) is 34.5 Å². The molecule has 17 heteroatoms. The molecule has 5 aromatic rings. The second kappa shape index (κ2) is 28.7. The number of hydrogen-bond acceptors (Lipinski definition) is 11. The number of fused-ring (bicyclic) bond motifs is 2. The van der Waals surface area contributed by atoms with E-state index < -0.39 is 25.6 Å². The van der Waals surface area contributed by atoms with Crippen LogP contribution in [0.15, 0.2) is 103 Å². The summed E-state index contributed by atoms with van der Waals surface area (Å²) in [5.41, 5.74) is 8.47. The Morgan fingerprint density at radius 3 is 1.43 bits per heavy atom. The Morgan fingerprint density at radius 1 is 0.592 bits per heavy atom. The van der Waals surface area contributed by atoms with Gasteiger partial charge in [0.25, 0.3) is 0 Å².